The summed E-state index contributed by atoms with van der Waals surface area (Å²) >= 11 is 9.18. The van der Waals surface area contributed by atoms with Gasteiger partial charge in [0.1, 0.15) is 23.4 Å². The van der Waals surface area contributed by atoms with Crippen LogP contribution in [-0.2, 0) is 0 Å². The Labute approximate surface area is 199 Å². The summed E-state index contributed by atoms with van der Waals surface area (Å²) in [5.74, 6) is 1.08. The minimum atomic E-state index is -0.307. The lowest BCUT2D eigenvalue weighted by Crippen LogP contribution is -2.29. The summed E-state index contributed by atoms with van der Waals surface area (Å²) in [6.45, 7) is 2.05. The molecule has 7 heteroatoms. The summed E-state index contributed by atoms with van der Waals surface area (Å²) in [6, 6.07) is 22.0. The molecule has 2 aromatic carbocycles. The van der Waals surface area contributed by atoms with Gasteiger partial charge in [0.25, 0.3) is 0 Å². The van der Waals surface area contributed by atoms with Crippen LogP contribution < -0.4 is 10.2 Å². The molecule has 3 heterocycles. The van der Waals surface area contributed by atoms with Crippen LogP contribution in [0.15, 0.2) is 87.9 Å². The molecule has 1 N–H and O–H groups in total. The fourth-order valence-electron chi connectivity index (χ4n) is 3.97. The van der Waals surface area contributed by atoms with Crippen molar-refractivity contribution >= 4 is 38.9 Å². The number of anilines is 1. The number of hydrogen-bond acceptors (Lipinski definition) is 3. The third-order valence-corrected chi connectivity index (χ3v) is 6.50. The van der Waals surface area contributed by atoms with Gasteiger partial charge in [-0.2, -0.15) is 0 Å². The van der Waals surface area contributed by atoms with Crippen molar-refractivity contribution in [3.63, 3.8) is 0 Å². The molecule has 2 atom stereocenters. The van der Waals surface area contributed by atoms with Crippen LogP contribution in [0.3, 0.4) is 0 Å². The number of aromatic nitrogens is 1. The summed E-state index contributed by atoms with van der Waals surface area (Å²) in [5, 5.41) is 4.03. The Morgan fingerprint density at radius 1 is 1.06 bits per heavy atom. The maximum absolute atomic E-state index is 13.6. The van der Waals surface area contributed by atoms with Crippen molar-refractivity contribution in [1.82, 2.24) is 10.3 Å². The summed E-state index contributed by atoms with van der Waals surface area (Å²) < 4.78 is 20.5. The molecule has 32 heavy (non-hydrogen) atoms. The zero-order valence-corrected chi connectivity index (χ0v) is 19.5. The zero-order chi connectivity index (χ0) is 22.2. The van der Waals surface area contributed by atoms with E-state index in [9.17, 15) is 4.39 Å². The fourth-order valence-corrected chi connectivity index (χ4v) is 4.87. The van der Waals surface area contributed by atoms with Crippen molar-refractivity contribution in [3.05, 3.63) is 106 Å². The molecule has 1 saturated heterocycles. The normalized spacial score (nSPS) is 18.1. The van der Waals surface area contributed by atoms with Crippen LogP contribution in [0.25, 0.3) is 11.3 Å². The number of hydrogen-bond donors (Lipinski definition) is 1. The van der Waals surface area contributed by atoms with Gasteiger partial charge in [-0.25, -0.2) is 4.39 Å². The predicted molar refractivity (Wildman–Crippen MR) is 131 cm³/mol. The van der Waals surface area contributed by atoms with Crippen LogP contribution in [-0.4, -0.2) is 10.1 Å². The molecule has 1 aliphatic rings. The third-order valence-electron chi connectivity index (χ3n) is 5.53. The lowest BCUT2D eigenvalue weighted by molar-refractivity contribution is 0.439. The lowest BCUT2D eigenvalue weighted by Gasteiger charge is -2.26. The smallest absolute Gasteiger partial charge is 0.174 e. The van der Waals surface area contributed by atoms with Gasteiger partial charge in [-0.05, 0) is 89.7 Å². The largest absolute Gasteiger partial charge is 0.459 e. The third kappa shape index (κ3) is 3.82. The number of thiocarbonyl (C=S) groups is 1. The molecule has 0 spiro atoms. The van der Waals surface area contributed by atoms with Gasteiger partial charge in [0, 0.05) is 21.9 Å². The maximum atomic E-state index is 13.6. The number of aryl methyl sites for hydroxylation is 1. The van der Waals surface area contributed by atoms with Crippen molar-refractivity contribution in [1.29, 1.82) is 0 Å². The minimum absolute atomic E-state index is 0.194. The Kier molecular flexibility index (Phi) is 5.53. The van der Waals surface area contributed by atoms with Crippen LogP contribution in [0.4, 0.5) is 10.1 Å². The van der Waals surface area contributed by atoms with Gasteiger partial charge >= 0.3 is 0 Å². The maximum Gasteiger partial charge on any atom is 0.174 e. The van der Waals surface area contributed by atoms with Crippen LogP contribution >= 0.6 is 28.1 Å². The van der Waals surface area contributed by atoms with Crippen LogP contribution in [0.2, 0.25) is 0 Å². The molecule has 2 aromatic heterocycles. The van der Waals surface area contributed by atoms with Crippen LogP contribution in [0.1, 0.15) is 29.1 Å². The molecule has 160 valence electrons. The highest BCUT2D eigenvalue weighted by molar-refractivity contribution is 9.10. The second kappa shape index (κ2) is 8.48. The number of nitrogens with zero attached hydrogens (tertiary/aromatic N) is 2. The highest BCUT2D eigenvalue weighted by atomic mass is 79.9. The Balaban J connectivity index is 1.60. The Hall–Kier alpha value is -3.03. The molecule has 5 rings (SSSR count). The predicted octanol–water partition coefficient (Wildman–Crippen LogP) is 6.73. The second-order valence-electron chi connectivity index (χ2n) is 7.66. The monoisotopic (exact) mass is 507 g/mol. The van der Waals surface area contributed by atoms with E-state index in [-0.39, 0.29) is 17.9 Å². The van der Waals surface area contributed by atoms with Crippen molar-refractivity contribution in [3.8, 4) is 11.3 Å². The standard InChI is InChI=1S/C25H19BrFN3OS/c1-15-5-8-17(9-6-15)30-24(23(29-25(30)32)20-4-2-3-13-28-20)22-12-11-21(31-22)18-10-7-16(27)14-19(18)26/h2-14,23-24H,1H3,(H,29,32)/t23-,24-/m0/s1. The average Bonchev–Trinajstić information content (AvgIpc) is 3.39. The molecule has 0 aliphatic carbocycles. The molecule has 1 aliphatic heterocycles. The second-order valence-corrected chi connectivity index (χ2v) is 8.90. The average molecular weight is 508 g/mol. The molecule has 0 bridgehead atoms. The summed E-state index contributed by atoms with van der Waals surface area (Å²) in [7, 11) is 0. The fraction of sp³-hybridized carbons (Fsp3) is 0.120. The van der Waals surface area contributed by atoms with Crippen molar-refractivity contribution in [2.45, 2.75) is 19.0 Å². The van der Waals surface area contributed by atoms with Gasteiger partial charge < -0.3 is 14.6 Å². The zero-order valence-electron chi connectivity index (χ0n) is 17.1. The Morgan fingerprint density at radius 3 is 2.59 bits per heavy atom. The lowest BCUT2D eigenvalue weighted by atomic mass is 10.0. The Morgan fingerprint density at radius 2 is 1.88 bits per heavy atom. The molecule has 4 nitrogen and oxygen atoms in total. The van der Waals surface area contributed by atoms with Gasteiger partial charge in [0.2, 0.25) is 0 Å². The van der Waals surface area contributed by atoms with E-state index in [2.05, 4.69) is 62.3 Å². The minimum Gasteiger partial charge on any atom is -0.459 e. The Bertz CT molecular complexity index is 1280. The van der Waals surface area contributed by atoms with Crippen molar-refractivity contribution < 1.29 is 8.81 Å². The molecule has 4 aromatic rings. The van der Waals surface area contributed by atoms with Gasteiger partial charge in [-0.15, -0.1) is 0 Å². The molecule has 0 saturated carbocycles. The van der Waals surface area contributed by atoms with E-state index in [0.717, 1.165) is 22.7 Å². The molecule has 0 unspecified atom stereocenters. The molecule has 0 radical (unpaired) electrons. The van der Waals surface area contributed by atoms with E-state index in [4.69, 9.17) is 16.6 Å². The van der Waals surface area contributed by atoms with Gasteiger partial charge in [0.15, 0.2) is 5.11 Å². The quantitative estimate of drug-likeness (QED) is 0.310. The highest BCUT2D eigenvalue weighted by Crippen LogP contribution is 2.43. The number of nitrogens with one attached hydrogen (secondary N) is 1. The first-order chi connectivity index (χ1) is 15.5. The number of rotatable bonds is 4. The number of halogens is 2. The first-order valence-corrected chi connectivity index (χ1v) is 11.3. The number of benzene rings is 2. The van der Waals surface area contributed by atoms with E-state index < -0.39 is 0 Å². The summed E-state index contributed by atoms with van der Waals surface area (Å²) in [6.07, 6.45) is 1.77. The number of pyridine rings is 1. The summed E-state index contributed by atoms with van der Waals surface area (Å²) in [4.78, 5) is 6.63. The van der Waals surface area contributed by atoms with Crippen molar-refractivity contribution in [2.75, 3.05) is 4.90 Å². The SMILES string of the molecule is Cc1ccc(N2C(=S)N[C@@H](c3ccccn3)[C@@H]2c2ccc(-c3ccc(F)cc3Br)o2)cc1. The first-order valence-electron chi connectivity index (χ1n) is 10.1. The van der Waals surface area contributed by atoms with Crippen LogP contribution in [0, 0.1) is 12.7 Å². The van der Waals surface area contributed by atoms with Gasteiger partial charge in [-0.3, -0.25) is 4.98 Å². The molecule has 0 amide bonds. The van der Waals surface area contributed by atoms with E-state index in [1.54, 1.807) is 12.3 Å². The van der Waals surface area contributed by atoms with Crippen LogP contribution in [0.5, 0.6) is 0 Å². The summed E-state index contributed by atoms with van der Waals surface area (Å²) in [5.41, 5.74) is 3.79. The van der Waals surface area contributed by atoms with E-state index in [1.807, 2.05) is 30.3 Å². The molecule has 1 fully saturated rings. The van der Waals surface area contributed by atoms with Crippen molar-refractivity contribution in [2.24, 2.45) is 0 Å². The molecular weight excluding hydrogens is 489 g/mol. The first kappa shape index (κ1) is 20.8. The van der Waals surface area contributed by atoms with E-state index >= 15 is 0 Å². The number of furan rings is 1. The van der Waals surface area contributed by atoms with Gasteiger partial charge in [0.05, 0.1) is 11.7 Å². The topological polar surface area (TPSA) is 41.3 Å². The van der Waals surface area contributed by atoms with E-state index in [1.165, 1.54) is 17.7 Å². The van der Waals surface area contributed by atoms with E-state index in [0.29, 0.717) is 15.3 Å². The highest BCUT2D eigenvalue weighted by Gasteiger charge is 2.42. The molecular formula is C25H19BrFN3OS. The van der Waals surface area contributed by atoms with Gasteiger partial charge in [-0.1, -0.05) is 23.8 Å².